The van der Waals surface area contributed by atoms with Crippen LogP contribution in [-0.4, -0.2) is 137 Å². The van der Waals surface area contributed by atoms with Crippen LogP contribution in [0.4, 0.5) is 0 Å². The van der Waals surface area contributed by atoms with E-state index >= 15 is 4.79 Å². The SMILES string of the molecule is CO[C@@H](C)c1ncccc1-c1c2c3cc(ccc3n1CCOC1CCOCC1)-c1csc(n1)[C@@H](N1CC3(CCO3)C1)[C@H](NC(=O)C13CC(C)(C1)[C@@H](C)O3)C(=O)N1CCC[C@H](N1)C(=O)OCC(C)(C)C2. The van der Waals surface area contributed by atoms with Gasteiger partial charge in [0.15, 0.2) is 0 Å². The molecule has 8 aliphatic rings. The van der Waals surface area contributed by atoms with Crippen molar-refractivity contribution in [3.05, 3.63) is 58.2 Å². The van der Waals surface area contributed by atoms with E-state index < -0.39 is 35.1 Å². The van der Waals surface area contributed by atoms with Gasteiger partial charge in [0.1, 0.15) is 22.7 Å². The molecule has 370 valence electrons. The lowest BCUT2D eigenvalue weighted by atomic mass is 9.61. The number of rotatable bonds is 10. The number of pyridine rings is 1. The number of fused-ring (bicyclic) bond motifs is 7. The van der Waals surface area contributed by atoms with E-state index in [-0.39, 0.29) is 47.7 Å². The Labute approximate surface area is 408 Å². The Hall–Kier alpha value is -4.33. The molecule has 0 radical (unpaired) electrons. The van der Waals surface area contributed by atoms with Crippen molar-refractivity contribution in [2.45, 2.75) is 140 Å². The molecule has 1 aromatic carbocycles. The Morgan fingerprint density at radius 2 is 1.88 bits per heavy atom. The molecule has 16 nitrogen and oxygen atoms in total. The van der Waals surface area contributed by atoms with Crippen molar-refractivity contribution < 1.29 is 42.8 Å². The number of likely N-dealkylation sites (tertiary alicyclic amines) is 1. The van der Waals surface area contributed by atoms with Gasteiger partial charge in [0, 0.05) is 97.4 Å². The predicted molar refractivity (Wildman–Crippen MR) is 258 cm³/mol. The number of ether oxygens (including phenoxy) is 6. The minimum atomic E-state index is -1.05. The molecule has 2 N–H and O–H groups in total. The third-order valence-corrected chi connectivity index (χ3v) is 17.2. The van der Waals surface area contributed by atoms with E-state index in [0.717, 1.165) is 63.9 Å². The first kappa shape index (κ1) is 47.0. The van der Waals surface area contributed by atoms with Crippen LogP contribution < -0.4 is 10.7 Å². The second-order valence-corrected chi connectivity index (χ2v) is 22.8. The maximum atomic E-state index is 15.3. The highest BCUT2D eigenvalue weighted by Gasteiger charge is 2.68. The lowest BCUT2D eigenvalue weighted by Gasteiger charge is -2.58. The summed E-state index contributed by atoms with van der Waals surface area (Å²) in [6.07, 6.45) is 7.08. The van der Waals surface area contributed by atoms with Crippen molar-refractivity contribution >= 4 is 40.0 Å². The van der Waals surface area contributed by atoms with Crippen LogP contribution in [0.5, 0.6) is 0 Å². The lowest BCUT2D eigenvalue weighted by Crippen LogP contribution is -2.72. The molecule has 1 aliphatic carbocycles. The van der Waals surface area contributed by atoms with E-state index in [0.29, 0.717) is 89.7 Å². The summed E-state index contributed by atoms with van der Waals surface area (Å²) in [5, 5.41) is 8.63. The number of benzene rings is 1. The van der Waals surface area contributed by atoms with Gasteiger partial charge >= 0.3 is 5.97 Å². The first-order valence-corrected chi connectivity index (χ1v) is 26.0. The quantitative estimate of drug-likeness (QED) is 0.170. The number of carbonyl (C=O) groups excluding carboxylic acids is 3. The number of hydrogen-bond donors (Lipinski definition) is 2. The van der Waals surface area contributed by atoms with Crippen molar-refractivity contribution in [3.63, 3.8) is 0 Å². The van der Waals surface area contributed by atoms with E-state index in [4.69, 9.17) is 38.4 Å². The van der Waals surface area contributed by atoms with Crippen LogP contribution in [0.3, 0.4) is 0 Å². The van der Waals surface area contributed by atoms with Crippen LogP contribution in [0, 0.1) is 10.8 Å². The molecule has 6 saturated heterocycles. The molecule has 10 heterocycles. The van der Waals surface area contributed by atoms with Gasteiger partial charge < -0.3 is 38.3 Å². The zero-order chi connectivity index (χ0) is 47.9. The van der Waals surface area contributed by atoms with Crippen LogP contribution in [0.2, 0.25) is 0 Å². The highest BCUT2D eigenvalue weighted by atomic mass is 32.1. The molecule has 3 aromatic heterocycles. The van der Waals surface area contributed by atoms with E-state index in [1.54, 1.807) is 7.11 Å². The van der Waals surface area contributed by atoms with Crippen LogP contribution in [0.1, 0.15) is 108 Å². The van der Waals surface area contributed by atoms with Gasteiger partial charge in [0.2, 0.25) is 0 Å². The van der Waals surface area contributed by atoms with Crippen molar-refractivity contribution in [3.8, 4) is 22.5 Å². The van der Waals surface area contributed by atoms with Crippen LogP contribution in [0.25, 0.3) is 33.4 Å². The van der Waals surface area contributed by atoms with Crippen molar-refractivity contribution in [1.29, 1.82) is 0 Å². The second kappa shape index (κ2) is 18.1. The van der Waals surface area contributed by atoms with Crippen molar-refractivity contribution in [2.75, 3.05) is 59.8 Å². The van der Waals surface area contributed by atoms with E-state index in [9.17, 15) is 9.59 Å². The van der Waals surface area contributed by atoms with Gasteiger partial charge in [-0.2, -0.15) is 0 Å². The molecule has 5 atom stereocenters. The average Bonchev–Trinajstić information content (AvgIpc) is 4.05. The van der Waals surface area contributed by atoms with Gasteiger partial charge in [-0.05, 0) is 88.6 Å². The number of esters is 1. The molecule has 1 spiro atoms. The fourth-order valence-corrected chi connectivity index (χ4v) is 13.1. The summed E-state index contributed by atoms with van der Waals surface area (Å²) in [4.78, 5) is 56.6. The molecule has 12 rings (SSSR count). The topological polar surface area (TPSA) is 168 Å². The van der Waals surface area contributed by atoms with Crippen molar-refractivity contribution in [2.24, 2.45) is 10.8 Å². The summed E-state index contributed by atoms with van der Waals surface area (Å²) in [7, 11) is 1.71. The molecule has 7 fully saturated rings. The number of carbonyl (C=O) groups is 3. The fraction of sp³-hybridized carbons (Fsp3) is 0.635. The third kappa shape index (κ3) is 8.51. The predicted octanol–water partition coefficient (Wildman–Crippen LogP) is 6.31. The number of hydrogen-bond acceptors (Lipinski definition) is 14. The van der Waals surface area contributed by atoms with Crippen LogP contribution in [0.15, 0.2) is 41.9 Å². The number of cyclic esters (lactones) is 1. The fourth-order valence-electron chi connectivity index (χ4n) is 12.2. The van der Waals surface area contributed by atoms with E-state index in [2.05, 4.69) is 70.6 Å². The smallest absolute Gasteiger partial charge is 0.324 e. The molecule has 1 saturated carbocycles. The lowest BCUT2D eigenvalue weighted by molar-refractivity contribution is -0.232. The monoisotopic (exact) mass is 965 g/mol. The van der Waals surface area contributed by atoms with Crippen LogP contribution >= 0.6 is 11.3 Å². The standard InChI is InChI=1S/C52H67N7O9S/c1-31(63-6)41-35(9-7-16-53-41)43-37-24-49(3,4)30-66-47(61)38-10-8-17-59(56-38)46(60)42(55-48(62)52-26-50(5,27-52)32(2)68-52)44(57-28-51(29-57)15-21-67-51)45-54-39(25-69-45)33-11-12-40(36(37)23-33)58(43)18-22-65-34-13-19-64-20-14-34/h7,9,11-12,16,23,25,31-32,34,38,42,44,56H,8,10,13-15,17-22,24,26-30H2,1-6H3,(H,55,62)/t31-,32+,38-,42-,44-,50?,52?/m0/s1. The summed E-state index contributed by atoms with van der Waals surface area (Å²) in [6, 6.07) is 8.20. The molecule has 0 unspecified atom stereocenters. The Kier molecular flexibility index (Phi) is 12.3. The van der Waals surface area contributed by atoms with Gasteiger partial charge in [-0.15, -0.1) is 11.3 Å². The molecule has 69 heavy (non-hydrogen) atoms. The van der Waals surface area contributed by atoms with Gasteiger partial charge in [-0.25, -0.2) is 10.4 Å². The zero-order valence-electron chi connectivity index (χ0n) is 40.8. The molecule has 8 bridgehead atoms. The van der Waals surface area contributed by atoms with Crippen LogP contribution in [-0.2, 0) is 55.8 Å². The first-order chi connectivity index (χ1) is 33.2. The van der Waals surface area contributed by atoms with Crippen molar-refractivity contribution in [1.82, 2.24) is 35.2 Å². The number of nitrogens with one attached hydrogen (secondary N) is 2. The maximum absolute atomic E-state index is 15.3. The van der Waals surface area contributed by atoms with E-state index in [1.165, 1.54) is 16.3 Å². The number of nitrogens with zero attached hydrogens (tertiary/aromatic N) is 5. The number of hydrazine groups is 1. The highest BCUT2D eigenvalue weighted by Crippen LogP contribution is 2.61. The molecular weight excluding hydrogens is 899 g/mol. The van der Waals surface area contributed by atoms with Gasteiger partial charge in [0.05, 0.1) is 66.9 Å². The normalized spacial score (nSPS) is 30.6. The van der Waals surface area contributed by atoms with Gasteiger partial charge in [-0.1, -0.05) is 26.8 Å². The summed E-state index contributed by atoms with van der Waals surface area (Å²) < 4.78 is 39.2. The second-order valence-electron chi connectivity index (χ2n) is 21.9. The third-order valence-electron chi connectivity index (χ3n) is 16.3. The maximum Gasteiger partial charge on any atom is 0.324 e. The molecule has 2 amide bonds. The molecule has 4 aromatic rings. The summed E-state index contributed by atoms with van der Waals surface area (Å²) in [6.45, 7) is 15.4. The highest BCUT2D eigenvalue weighted by molar-refractivity contribution is 7.10. The minimum absolute atomic E-state index is 0.0790. The number of thiazole rings is 1. The summed E-state index contributed by atoms with van der Waals surface area (Å²) in [5.74, 6) is -1.04. The minimum Gasteiger partial charge on any atom is -0.464 e. The molecule has 7 aliphatic heterocycles. The molecular formula is C52H67N7O9S. The Balaban J connectivity index is 1.05. The Morgan fingerprint density at radius 1 is 1.09 bits per heavy atom. The van der Waals surface area contributed by atoms with Gasteiger partial charge in [-0.3, -0.25) is 29.3 Å². The van der Waals surface area contributed by atoms with E-state index in [1.807, 2.05) is 26.1 Å². The summed E-state index contributed by atoms with van der Waals surface area (Å²) in [5.41, 5.74) is 8.03. The summed E-state index contributed by atoms with van der Waals surface area (Å²) >= 11 is 1.49. The number of aromatic nitrogens is 3. The number of methoxy groups -OCH3 is 1. The Bertz CT molecular complexity index is 2600. The zero-order valence-corrected chi connectivity index (χ0v) is 41.7. The average molecular weight is 966 g/mol. The number of amides is 2. The molecule has 17 heteroatoms. The van der Waals surface area contributed by atoms with Gasteiger partial charge in [0.25, 0.3) is 11.8 Å². The Morgan fingerprint density at radius 3 is 2.61 bits per heavy atom. The first-order valence-electron chi connectivity index (χ1n) is 25.1. The largest absolute Gasteiger partial charge is 0.464 e.